The molecule has 0 spiro atoms. The minimum atomic E-state index is -2.31. The van der Waals surface area contributed by atoms with E-state index in [9.17, 15) is 5.11 Å². The van der Waals surface area contributed by atoms with Gasteiger partial charge < -0.3 is 9.53 Å². The summed E-state index contributed by atoms with van der Waals surface area (Å²) in [6, 6.07) is 22.4. The zero-order chi connectivity index (χ0) is 18.8. The summed E-state index contributed by atoms with van der Waals surface area (Å²) in [7, 11) is -2.31. The fourth-order valence-electron chi connectivity index (χ4n) is 3.20. The molecule has 0 amide bonds. The van der Waals surface area contributed by atoms with Crippen LogP contribution in [0.1, 0.15) is 33.6 Å². The first-order valence-electron chi connectivity index (χ1n) is 9.43. The number of aliphatic hydroxyl groups is 1. The van der Waals surface area contributed by atoms with Gasteiger partial charge >= 0.3 is 0 Å². The molecule has 0 fully saturated rings. The minimum absolute atomic E-state index is 0.369. The first-order valence-corrected chi connectivity index (χ1v) is 11.5. The molecule has 0 aliphatic heterocycles. The lowest BCUT2D eigenvalue weighted by Gasteiger charge is -2.34. The van der Waals surface area contributed by atoms with E-state index in [0.29, 0.717) is 25.4 Å². The van der Waals surface area contributed by atoms with Gasteiger partial charge in [-0.2, -0.15) is 0 Å². The van der Waals surface area contributed by atoms with Gasteiger partial charge in [0.25, 0.3) is 8.32 Å². The van der Waals surface area contributed by atoms with E-state index in [0.717, 1.165) is 6.04 Å². The summed E-state index contributed by atoms with van der Waals surface area (Å²) < 4.78 is 6.69. The quantitative estimate of drug-likeness (QED) is 0.440. The van der Waals surface area contributed by atoms with Gasteiger partial charge in [-0.1, -0.05) is 74.5 Å². The molecule has 0 saturated carbocycles. The summed E-state index contributed by atoms with van der Waals surface area (Å²) in [5, 5.41) is 11.9. The van der Waals surface area contributed by atoms with Gasteiger partial charge in [0, 0.05) is 19.4 Å². The van der Waals surface area contributed by atoms with Crippen molar-refractivity contribution >= 4 is 18.7 Å². The summed E-state index contributed by atoms with van der Waals surface area (Å²) in [6.07, 6.45) is 0.844. The van der Waals surface area contributed by atoms with Crippen molar-refractivity contribution in [2.24, 2.45) is 5.92 Å². The normalized spacial score (nSPS) is 12.5. The smallest absolute Gasteiger partial charge is 0.256 e. The molecule has 0 radical (unpaired) electrons. The van der Waals surface area contributed by atoms with Crippen molar-refractivity contribution in [3.05, 3.63) is 60.7 Å². The summed E-state index contributed by atoms with van der Waals surface area (Å²) in [5.41, 5.74) is 0. The summed E-state index contributed by atoms with van der Waals surface area (Å²) in [6.45, 7) is 6.91. The predicted molar refractivity (Wildman–Crippen MR) is 112 cm³/mol. The van der Waals surface area contributed by atoms with Gasteiger partial charge in [0.1, 0.15) is 0 Å². The third-order valence-corrected chi connectivity index (χ3v) is 8.89. The average Bonchev–Trinajstić information content (AvgIpc) is 2.64. The molecule has 0 bridgehead atoms. The fourth-order valence-corrected chi connectivity index (χ4v) is 7.52. The first kappa shape index (κ1) is 20.4. The third kappa shape index (κ3) is 5.84. The molecule has 2 rings (SSSR count). The van der Waals surface area contributed by atoms with Crippen LogP contribution in [0.4, 0.5) is 0 Å². The lowest BCUT2D eigenvalue weighted by Crippen LogP contribution is -2.61. The highest BCUT2D eigenvalue weighted by molar-refractivity contribution is 6.97. The van der Waals surface area contributed by atoms with E-state index < -0.39 is 8.32 Å². The topological polar surface area (TPSA) is 29.5 Å². The van der Waals surface area contributed by atoms with Crippen molar-refractivity contribution in [1.29, 1.82) is 0 Å². The van der Waals surface area contributed by atoms with Crippen molar-refractivity contribution in [3.8, 4) is 11.8 Å². The van der Waals surface area contributed by atoms with Crippen LogP contribution in [0.2, 0.25) is 6.04 Å². The average molecular weight is 367 g/mol. The molecule has 1 atom stereocenters. The maximum Gasteiger partial charge on any atom is 0.256 e. The summed E-state index contributed by atoms with van der Waals surface area (Å²) in [4.78, 5) is 0. The first-order chi connectivity index (χ1) is 12.5. The Morgan fingerprint density at radius 3 is 1.88 bits per heavy atom. The highest BCUT2D eigenvalue weighted by atomic mass is 28.4. The number of aliphatic hydroxyl groups excluding tert-OH is 1. The lowest BCUT2D eigenvalue weighted by atomic mass is 10.3. The molecule has 138 valence electrons. The van der Waals surface area contributed by atoms with Gasteiger partial charge in [0.2, 0.25) is 0 Å². The van der Waals surface area contributed by atoms with Crippen LogP contribution >= 0.6 is 0 Å². The van der Waals surface area contributed by atoms with E-state index in [1.807, 2.05) is 0 Å². The van der Waals surface area contributed by atoms with E-state index in [4.69, 9.17) is 4.43 Å². The van der Waals surface area contributed by atoms with Crippen molar-refractivity contribution in [2.75, 3.05) is 6.61 Å². The summed E-state index contributed by atoms with van der Waals surface area (Å²) >= 11 is 0. The molecule has 1 N–H and O–H groups in total. The molecule has 0 aliphatic carbocycles. The SMILES string of the molecule is CC(C)C[Si](OCCC#CC[C@H](C)O)(c1ccccc1)c1ccccc1. The van der Waals surface area contributed by atoms with Crippen LogP contribution in [-0.4, -0.2) is 26.1 Å². The van der Waals surface area contributed by atoms with Crippen LogP contribution in [-0.2, 0) is 4.43 Å². The van der Waals surface area contributed by atoms with Gasteiger partial charge in [-0.3, -0.25) is 0 Å². The minimum Gasteiger partial charge on any atom is -0.407 e. The standard InChI is InChI=1S/C23H30O2Si/c1-20(2)19-26(22-14-8-4-9-15-22,23-16-10-5-11-17-23)25-18-12-6-7-13-21(3)24/h4-5,8-11,14-17,20-21,24H,12-13,18-19H2,1-3H3/t21-/m0/s1. The molecule has 2 aromatic rings. The fraction of sp³-hybridized carbons (Fsp3) is 0.391. The Bertz CT molecular complexity index is 660. The zero-order valence-corrected chi connectivity index (χ0v) is 17.1. The van der Waals surface area contributed by atoms with Crippen molar-refractivity contribution in [3.63, 3.8) is 0 Å². The largest absolute Gasteiger partial charge is 0.407 e. The Morgan fingerprint density at radius 2 is 1.42 bits per heavy atom. The molecule has 0 aliphatic rings. The van der Waals surface area contributed by atoms with E-state index in [1.54, 1.807) is 6.92 Å². The Hall–Kier alpha value is -1.86. The molecular weight excluding hydrogens is 336 g/mol. The van der Waals surface area contributed by atoms with E-state index in [1.165, 1.54) is 10.4 Å². The second kappa shape index (κ2) is 10.3. The van der Waals surface area contributed by atoms with Gasteiger partial charge in [-0.25, -0.2) is 0 Å². The molecule has 0 aromatic heterocycles. The molecule has 3 heteroatoms. The van der Waals surface area contributed by atoms with E-state index in [2.05, 4.69) is 86.4 Å². The maximum absolute atomic E-state index is 9.31. The van der Waals surface area contributed by atoms with Crippen molar-refractivity contribution < 1.29 is 9.53 Å². The third-order valence-electron chi connectivity index (χ3n) is 4.27. The van der Waals surface area contributed by atoms with Crippen LogP contribution in [0, 0.1) is 17.8 Å². The number of hydrogen-bond acceptors (Lipinski definition) is 2. The van der Waals surface area contributed by atoms with Crippen LogP contribution in [0.25, 0.3) is 0 Å². The van der Waals surface area contributed by atoms with Gasteiger partial charge in [-0.15, -0.1) is 11.8 Å². The van der Waals surface area contributed by atoms with Crippen LogP contribution in [0.15, 0.2) is 60.7 Å². The van der Waals surface area contributed by atoms with E-state index in [-0.39, 0.29) is 6.10 Å². The van der Waals surface area contributed by atoms with Crippen molar-refractivity contribution in [2.45, 2.75) is 45.8 Å². The molecule has 0 saturated heterocycles. The maximum atomic E-state index is 9.31. The monoisotopic (exact) mass is 366 g/mol. The van der Waals surface area contributed by atoms with Crippen LogP contribution < -0.4 is 10.4 Å². The van der Waals surface area contributed by atoms with E-state index >= 15 is 0 Å². The van der Waals surface area contributed by atoms with Gasteiger partial charge in [-0.05, 0) is 29.3 Å². The van der Waals surface area contributed by atoms with Crippen LogP contribution in [0.3, 0.4) is 0 Å². The second-order valence-corrected chi connectivity index (χ2v) is 10.7. The molecule has 2 nitrogen and oxygen atoms in total. The summed E-state index contributed by atoms with van der Waals surface area (Å²) in [5.74, 6) is 6.70. The number of rotatable bonds is 8. The lowest BCUT2D eigenvalue weighted by molar-refractivity contribution is 0.201. The van der Waals surface area contributed by atoms with Crippen molar-refractivity contribution in [1.82, 2.24) is 0 Å². The zero-order valence-electron chi connectivity index (χ0n) is 16.1. The Kier molecular flexibility index (Phi) is 8.12. The number of benzene rings is 2. The Morgan fingerprint density at radius 1 is 0.885 bits per heavy atom. The highest BCUT2D eigenvalue weighted by Crippen LogP contribution is 2.19. The molecule has 2 aromatic carbocycles. The molecule has 26 heavy (non-hydrogen) atoms. The second-order valence-electron chi connectivity index (χ2n) is 7.16. The molecule has 0 unspecified atom stereocenters. The Labute approximate surface area is 159 Å². The highest BCUT2D eigenvalue weighted by Gasteiger charge is 2.39. The molecular formula is C23H30O2Si. The number of hydrogen-bond donors (Lipinski definition) is 1. The van der Waals surface area contributed by atoms with Gasteiger partial charge in [0.05, 0.1) is 6.10 Å². The van der Waals surface area contributed by atoms with Crippen LogP contribution in [0.5, 0.6) is 0 Å². The predicted octanol–water partition coefficient (Wildman–Crippen LogP) is 3.58. The Balaban J connectivity index is 2.29. The molecule has 0 heterocycles. The van der Waals surface area contributed by atoms with Gasteiger partial charge in [0.15, 0.2) is 0 Å².